The molecule has 0 saturated carbocycles. The Hall–Kier alpha value is -4.86. The fourth-order valence-electron chi connectivity index (χ4n) is 5.31. The summed E-state index contributed by atoms with van der Waals surface area (Å²) in [5.74, 6) is 0.568. The first kappa shape index (κ1) is 34.5. The van der Waals surface area contributed by atoms with Crippen molar-refractivity contribution in [2.45, 2.75) is 58.3 Å². The number of amides is 2. The number of hydrogen-bond donors (Lipinski definition) is 2. The summed E-state index contributed by atoms with van der Waals surface area (Å²) in [5.41, 5.74) is 4.91. The van der Waals surface area contributed by atoms with E-state index in [-0.39, 0.29) is 24.8 Å². The average Bonchev–Trinajstić information content (AvgIpc) is 3.08. The molecule has 2 N–H and O–H groups in total. The van der Waals surface area contributed by atoms with Gasteiger partial charge < -0.3 is 24.2 Å². The van der Waals surface area contributed by atoms with Crippen LogP contribution in [0.15, 0.2) is 96.6 Å². The van der Waals surface area contributed by atoms with Gasteiger partial charge in [0.2, 0.25) is 0 Å². The molecule has 4 aromatic rings. The molecule has 252 valence electrons. The molecule has 1 heterocycles. The maximum absolute atomic E-state index is 13.5. The minimum absolute atomic E-state index is 0.188. The summed E-state index contributed by atoms with van der Waals surface area (Å²) in [6.45, 7) is 6.99. The Morgan fingerprint density at radius 1 is 0.958 bits per heavy atom. The van der Waals surface area contributed by atoms with Gasteiger partial charge in [0.05, 0.1) is 0 Å². The summed E-state index contributed by atoms with van der Waals surface area (Å²) >= 11 is 0. The number of ether oxygens (including phenoxy) is 3. The van der Waals surface area contributed by atoms with Crippen LogP contribution in [0, 0.1) is 0 Å². The Labute approximate surface area is 282 Å². The van der Waals surface area contributed by atoms with E-state index in [9.17, 15) is 14.7 Å². The summed E-state index contributed by atoms with van der Waals surface area (Å²) in [5, 5.41) is 11.8. The largest absolute Gasteiger partial charge is 0.508 e. The summed E-state index contributed by atoms with van der Waals surface area (Å²) in [6, 6.07) is 28.1. The van der Waals surface area contributed by atoms with E-state index in [0.717, 1.165) is 52.5 Å². The van der Waals surface area contributed by atoms with Crippen LogP contribution in [0.2, 0.25) is 0 Å². The molecule has 0 radical (unpaired) electrons. The number of fused-ring (bicyclic) bond motifs is 1. The maximum Gasteiger partial charge on any atom is 0.410 e. The second-order valence-corrected chi connectivity index (χ2v) is 12.9. The van der Waals surface area contributed by atoms with Crippen LogP contribution in [0.4, 0.5) is 4.79 Å². The van der Waals surface area contributed by atoms with Gasteiger partial charge in [-0.15, -0.1) is 0 Å². The van der Waals surface area contributed by atoms with Gasteiger partial charge in [0.15, 0.2) is 6.29 Å². The molecule has 1 fully saturated rings. The number of phenolic OH excluding ortho intramolecular Hbond substituents is 1. The van der Waals surface area contributed by atoms with Crippen molar-refractivity contribution in [3.05, 3.63) is 113 Å². The molecule has 4 aromatic carbocycles. The summed E-state index contributed by atoms with van der Waals surface area (Å²) in [4.78, 5) is 33.3. The number of nitrogens with one attached hydrogen (secondary N) is 1. The first-order valence-corrected chi connectivity index (χ1v) is 16.4. The van der Waals surface area contributed by atoms with Crippen LogP contribution >= 0.6 is 0 Å². The van der Waals surface area contributed by atoms with Gasteiger partial charge in [0, 0.05) is 37.1 Å². The fourth-order valence-corrected chi connectivity index (χ4v) is 5.31. The highest BCUT2D eigenvalue weighted by molar-refractivity contribution is 5.93. The molecule has 1 aliphatic rings. The Bertz CT molecular complexity index is 1680. The van der Waals surface area contributed by atoms with Crippen molar-refractivity contribution in [3.63, 3.8) is 0 Å². The van der Waals surface area contributed by atoms with Gasteiger partial charge in [-0.3, -0.25) is 4.79 Å². The molecule has 0 aromatic heterocycles. The predicted molar refractivity (Wildman–Crippen MR) is 186 cm³/mol. The quantitative estimate of drug-likeness (QED) is 0.151. The van der Waals surface area contributed by atoms with Crippen LogP contribution in [-0.4, -0.2) is 60.2 Å². The molecule has 0 aliphatic carbocycles. The van der Waals surface area contributed by atoms with E-state index in [2.05, 4.69) is 5.48 Å². The number of nitrogens with zero attached hydrogens (tertiary/aromatic N) is 1. The van der Waals surface area contributed by atoms with Crippen molar-refractivity contribution < 1.29 is 33.7 Å². The van der Waals surface area contributed by atoms with E-state index < -0.39 is 18.0 Å². The third kappa shape index (κ3) is 10.3. The van der Waals surface area contributed by atoms with Crippen molar-refractivity contribution >= 4 is 28.8 Å². The van der Waals surface area contributed by atoms with Gasteiger partial charge in [-0.1, -0.05) is 66.7 Å². The SMILES string of the molecule is CC(C)(C)OC(=O)N(CCc1ccc(O)cc1)C/C(=C/c1ccc(C(=O)NOC2CCCCO2)cc1)COc1cccc2ccccc12. The molecule has 0 bridgehead atoms. The number of carbonyl (C=O) groups is 2. The van der Waals surface area contributed by atoms with E-state index >= 15 is 0 Å². The number of hydroxylamine groups is 1. The summed E-state index contributed by atoms with van der Waals surface area (Å²) < 4.78 is 17.7. The second kappa shape index (κ2) is 16.3. The van der Waals surface area contributed by atoms with Crippen LogP contribution in [0.1, 0.15) is 61.5 Å². The number of carbonyl (C=O) groups excluding carboxylic acids is 2. The topological polar surface area (TPSA) is 107 Å². The lowest BCUT2D eigenvalue weighted by molar-refractivity contribution is -0.186. The number of phenols is 1. The third-order valence-electron chi connectivity index (χ3n) is 7.78. The van der Waals surface area contributed by atoms with Crippen molar-refractivity contribution in [3.8, 4) is 11.5 Å². The normalized spacial score (nSPS) is 15.1. The first-order chi connectivity index (χ1) is 23.1. The second-order valence-electron chi connectivity index (χ2n) is 12.9. The molecular weight excluding hydrogens is 608 g/mol. The van der Waals surface area contributed by atoms with Crippen LogP contribution < -0.4 is 10.2 Å². The summed E-state index contributed by atoms with van der Waals surface area (Å²) in [6.07, 6.45) is 4.39. The summed E-state index contributed by atoms with van der Waals surface area (Å²) in [7, 11) is 0. The lowest BCUT2D eigenvalue weighted by atomic mass is 10.1. The lowest BCUT2D eigenvalue weighted by Gasteiger charge is -2.28. The van der Waals surface area contributed by atoms with Crippen LogP contribution in [0.25, 0.3) is 16.8 Å². The lowest BCUT2D eigenvalue weighted by Crippen LogP contribution is -2.39. The zero-order chi connectivity index (χ0) is 33.9. The highest BCUT2D eigenvalue weighted by Gasteiger charge is 2.23. The molecule has 5 rings (SSSR count). The van der Waals surface area contributed by atoms with E-state index in [1.54, 1.807) is 29.2 Å². The molecule has 1 saturated heterocycles. The molecule has 9 heteroatoms. The zero-order valence-corrected chi connectivity index (χ0v) is 27.8. The fraction of sp³-hybridized carbons (Fsp3) is 0.333. The smallest absolute Gasteiger partial charge is 0.410 e. The third-order valence-corrected chi connectivity index (χ3v) is 7.78. The van der Waals surface area contributed by atoms with Crippen LogP contribution in [0.3, 0.4) is 0 Å². The Morgan fingerprint density at radius 2 is 1.71 bits per heavy atom. The predicted octanol–water partition coefficient (Wildman–Crippen LogP) is 7.68. The molecule has 9 nitrogen and oxygen atoms in total. The number of hydrogen-bond acceptors (Lipinski definition) is 7. The van der Waals surface area contributed by atoms with E-state index in [1.165, 1.54) is 0 Å². The minimum Gasteiger partial charge on any atom is -0.508 e. The molecule has 2 amide bonds. The van der Waals surface area contributed by atoms with Gasteiger partial charge in [0.1, 0.15) is 23.7 Å². The van der Waals surface area contributed by atoms with Crippen LogP contribution in [0.5, 0.6) is 11.5 Å². The Morgan fingerprint density at radius 3 is 2.44 bits per heavy atom. The van der Waals surface area contributed by atoms with Crippen molar-refractivity contribution in [2.24, 2.45) is 0 Å². The van der Waals surface area contributed by atoms with E-state index in [0.29, 0.717) is 25.1 Å². The number of aromatic hydroxyl groups is 1. The molecular formula is C39H44N2O7. The molecule has 0 spiro atoms. The van der Waals surface area contributed by atoms with Gasteiger partial charge in [0.25, 0.3) is 5.91 Å². The van der Waals surface area contributed by atoms with Gasteiger partial charge in [-0.05, 0) is 92.5 Å². The Balaban J connectivity index is 1.37. The van der Waals surface area contributed by atoms with Crippen molar-refractivity contribution in [1.82, 2.24) is 10.4 Å². The number of rotatable bonds is 12. The van der Waals surface area contributed by atoms with Gasteiger partial charge in [-0.25, -0.2) is 15.1 Å². The van der Waals surface area contributed by atoms with Gasteiger partial charge >= 0.3 is 6.09 Å². The molecule has 1 unspecified atom stereocenters. The first-order valence-electron chi connectivity index (χ1n) is 16.4. The van der Waals surface area contributed by atoms with E-state index in [1.807, 2.05) is 93.6 Å². The zero-order valence-electron chi connectivity index (χ0n) is 27.8. The van der Waals surface area contributed by atoms with Crippen molar-refractivity contribution in [2.75, 3.05) is 26.3 Å². The average molecular weight is 653 g/mol. The monoisotopic (exact) mass is 652 g/mol. The van der Waals surface area contributed by atoms with Crippen LogP contribution in [-0.2, 0) is 20.7 Å². The maximum atomic E-state index is 13.5. The van der Waals surface area contributed by atoms with Crippen molar-refractivity contribution in [1.29, 1.82) is 0 Å². The Kier molecular flexibility index (Phi) is 11.7. The van der Waals surface area contributed by atoms with E-state index in [4.69, 9.17) is 19.0 Å². The highest BCUT2D eigenvalue weighted by Crippen LogP contribution is 2.26. The standard InChI is InChI=1S/C39H44N2O7/c1-39(2,3)47-38(44)41(23-22-28-16-20-33(42)21-17-28)26-30(27-46-35-12-8-10-31-9-4-5-11-34(31)35)25-29-14-18-32(19-15-29)37(43)40-48-36-13-6-7-24-45-36/h4-5,8-12,14-21,25,36,42H,6-7,13,22-24,26-27H2,1-3H3,(H,40,43)/b30-25-. The van der Waals surface area contributed by atoms with Gasteiger partial charge in [-0.2, -0.15) is 0 Å². The minimum atomic E-state index is -0.680. The molecule has 1 atom stereocenters. The number of benzene rings is 4. The molecule has 1 aliphatic heterocycles. The highest BCUT2D eigenvalue weighted by atomic mass is 16.8. The molecule has 48 heavy (non-hydrogen) atoms.